The van der Waals surface area contributed by atoms with Gasteiger partial charge in [-0.2, -0.15) is 0 Å². The first-order chi connectivity index (χ1) is 20.7. The maximum Gasteiger partial charge on any atom is 0.0720 e. The summed E-state index contributed by atoms with van der Waals surface area (Å²) in [6.07, 6.45) is 15.1. The summed E-state index contributed by atoms with van der Waals surface area (Å²) in [7, 11) is 2.26. The number of hydrogen-bond donors (Lipinski definition) is 0. The van der Waals surface area contributed by atoms with E-state index in [1.807, 2.05) is 0 Å². The molecule has 4 nitrogen and oxygen atoms in total. The van der Waals surface area contributed by atoms with Gasteiger partial charge in [0.1, 0.15) is 0 Å². The maximum absolute atomic E-state index is 7.06. The van der Waals surface area contributed by atoms with Crippen LogP contribution in [0.1, 0.15) is 97.5 Å². The molecule has 0 unspecified atom stereocenters. The van der Waals surface area contributed by atoms with Crippen LogP contribution in [0.25, 0.3) is 0 Å². The molecular formula is C39H62N2O2. The van der Waals surface area contributed by atoms with Crippen LogP contribution in [-0.2, 0) is 16.1 Å². The Morgan fingerprint density at radius 1 is 0.930 bits per heavy atom. The molecule has 0 spiro atoms. The van der Waals surface area contributed by atoms with Crippen molar-refractivity contribution in [2.24, 2.45) is 52.3 Å². The zero-order valence-corrected chi connectivity index (χ0v) is 28.2. The summed E-state index contributed by atoms with van der Waals surface area (Å²) in [6.45, 7) is 17.5. The molecule has 0 aromatic heterocycles. The maximum atomic E-state index is 7.06. The molecule has 43 heavy (non-hydrogen) atoms. The van der Waals surface area contributed by atoms with Crippen molar-refractivity contribution < 1.29 is 9.47 Å². The second kappa shape index (κ2) is 12.3. The van der Waals surface area contributed by atoms with Gasteiger partial charge < -0.3 is 19.3 Å². The lowest BCUT2D eigenvalue weighted by Gasteiger charge is -2.61. The first kappa shape index (κ1) is 30.7. The first-order valence-electron chi connectivity index (χ1n) is 18.5. The Balaban J connectivity index is 0.937. The lowest BCUT2D eigenvalue weighted by molar-refractivity contribution is -0.139. The zero-order chi connectivity index (χ0) is 29.8. The molecular weight excluding hydrogens is 528 g/mol. The van der Waals surface area contributed by atoms with Crippen LogP contribution in [0.15, 0.2) is 30.3 Å². The molecule has 6 aliphatic rings. The lowest BCUT2D eigenvalue weighted by atomic mass is 9.44. The van der Waals surface area contributed by atoms with Crippen LogP contribution in [-0.4, -0.2) is 67.9 Å². The predicted molar refractivity (Wildman–Crippen MR) is 176 cm³/mol. The second-order valence-electron chi connectivity index (χ2n) is 17.0. The van der Waals surface area contributed by atoms with Crippen molar-refractivity contribution in [2.75, 3.05) is 39.8 Å². The summed E-state index contributed by atoms with van der Waals surface area (Å²) in [5.74, 6) is 5.84. The molecule has 1 aromatic rings. The summed E-state index contributed by atoms with van der Waals surface area (Å²) in [5.41, 5.74) is 2.32. The fourth-order valence-corrected chi connectivity index (χ4v) is 12.2. The molecule has 4 aliphatic carbocycles. The number of benzene rings is 1. The number of fused-ring (bicyclic) bond motifs is 7. The Bertz CT molecular complexity index is 1070. The summed E-state index contributed by atoms with van der Waals surface area (Å²) >= 11 is 0. The number of piperazine rings is 1. The van der Waals surface area contributed by atoms with E-state index in [-0.39, 0.29) is 0 Å². The van der Waals surface area contributed by atoms with Gasteiger partial charge in [-0.3, -0.25) is 0 Å². The van der Waals surface area contributed by atoms with Gasteiger partial charge in [-0.1, -0.05) is 58.0 Å². The predicted octanol–water partition coefficient (Wildman–Crippen LogP) is 7.91. The summed E-state index contributed by atoms with van der Waals surface area (Å²) in [6, 6.07) is 10.8. The van der Waals surface area contributed by atoms with E-state index >= 15 is 0 Å². The van der Waals surface area contributed by atoms with E-state index in [0.29, 0.717) is 29.1 Å². The molecule has 2 aliphatic heterocycles. The van der Waals surface area contributed by atoms with Crippen molar-refractivity contribution >= 4 is 0 Å². The van der Waals surface area contributed by atoms with Crippen LogP contribution in [0.4, 0.5) is 0 Å². The van der Waals surface area contributed by atoms with Gasteiger partial charge in [-0.15, -0.1) is 0 Å². The van der Waals surface area contributed by atoms with E-state index in [1.54, 1.807) is 0 Å². The van der Waals surface area contributed by atoms with Gasteiger partial charge in [0.25, 0.3) is 0 Å². The van der Waals surface area contributed by atoms with Gasteiger partial charge in [0.05, 0.1) is 24.9 Å². The minimum atomic E-state index is 0.449. The lowest BCUT2D eigenvalue weighted by Crippen LogP contribution is -2.54. The third-order valence-corrected chi connectivity index (χ3v) is 14.6. The quantitative estimate of drug-likeness (QED) is 0.307. The molecule has 0 radical (unpaired) electrons. The Kier molecular flexibility index (Phi) is 8.81. The SMILES string of the molecule is C[C@@H](CC[C@H]1O[C@H]2C[C@H]3[C@@H]4CC[C@@H]5C[C@@H](OCc6ccccc6)CC[C@]5(C)[C@H]4CC[C@]3(C)[C@H]2[C@@H]1C)CN1CCN(C)CC1. The van der Waals surface area contributed by atoms with Gasteiger partial charge in [0.15, 0.2) is 0 Å². The molecule has 0 bridgehead atoms. The summed E-state index contributed by atoms with van der Waals surface area (Å²) < 4.78 is 13.6. The molecule has 2 saturated heterocycles. The fourth-order valence-electron chi connectivity index (χ4n) is 12.2. The number of hydrogen-bond acceptors (Lipinski definition) is 4. The Morgan fingerprint density at radius 2 is 1.70 bits per heavy atom. The monoisotopic (exact) mass is 590 g/mol. The van der Waals surface area contributed by atoms with Gasteiger partial charge in [0.2, 0.25) is 0 Å². The van der Waals surface area contributed by atoms with Crippen molar-refractivity contribution in [2.45, 2.75) is 117 Å². The number of likely N-dealkylation sites (N-methyl/N-ethyl adjacent to an activating group) is 1. The van der Waals surface area contributed by atoms with E-state index in [4.69, 9.17) is 9.47 Å². The third-order valence-electron chi connectivity index (χ3n) is 14.6. The van der Waals surface area contributed by atoms with E-state index in [2.05, 4.69) is 74.9 Å². The molecule has 2 heterocycles. The molecule has 240 valence electrons. The van der Waals surface area contributed by atoms with Crippen LogP contribution in [0.2, 0.25) is 0 Å². The van der Waals surface area contributed by atoms with Crippen molar-refractivity contribution in [3.63, 3.8) is 0 Å². The Morgan fingerprint density at radius 3 is 2.49 bits per heavy atom. The highest BCUT2D eigenvalue weighted by Gasteiger charge is 2.65. The van der Waals surface area contributed by atoms with E-state index in [0.717, 1.165) is 48.0 Å². The molecule has 0 N–H and O–H groups in total. The van der Waals surface area contributed by atoms with Crippen LogP contribution < -0.4 is 0 Å². The van der Waals surface area contributed by atoms with Crippen molar-refractivity contribution in [1.29, 1.82) is 0 Å². The average molecular weight is 591 g/mol. The second-order valence-corrected chi connectivity index (χ2v) is 17.0. The van der Waals surface area contributed by atoms with Gasteiger partial charge in [0, 0.05) is 32.7 Å². The molecule has 12 atom stereocenters. The van der Waals surface area contributed by atoms with Crippen molar-refractivity contribution in [3.8, 4) is 0 Å². The normalized spacial score (nSPS) is 45.7. The molecule has 0 amide bonds. The highest BCUT2D eigenvalue weighted by atomic mass is 16.5. The molecule has 4 saturated carbocycles. The summed E-state index contributed by atoms with van der Waals surface area (Å²) in [5, 5.41) is 0. The highest BCUT2D eigenvalue weighted by Crippen LogP contribution is 2.70. The smallest absolute Gasteiger partial charge is 0.0720 e. The molecule has 6 fully saturated rings. The van der Waals surface area contributed by atoms with Crippen LogP contribution in [0.5, 0.6) is 0 Å². The third kappa shape index (κ3) is 5.79. The van der Waals surface area contributed by atoms with Crippen LogP contribution >= 0.6 is 0 Å². The van der Waals surface area contributed by atoms with Gasteiger partial charge >= 0.3 is 0 Å². The average Bonchev–Trinajstić information content (AvgIpc) is 3.49. The van der Waals surface area contributed by atoms with E-state index in [9.17, 15) is 0 Å². The summed E-state index contributed by atoms with van der Waals surface area (Å²) in [4.78, 5) is 5.16. The molecule has 4 heteroatoms. The number of nitrogens with zero attached hydrogens (tertiary/aromatic N) is 2. The van der Waals surface area contributed by atoms with Gasteiger partial charge in [-0.05, 0) is 129 Å². The largest absolute Gasteiger partial charge is 0.374 e. The Hall–Kier alpha value is -0.940. The number of rotatable bonds is 8. The van der Waals surface area contributed by atoms with E-state index in [1.165, 1.54) is 102 Å². The van der Waals surface area contributed by atoms with Crippen molar-refractivity contribution in [3.05, 3.63) is 35.9 Å². The number of ether oxygens (including phenoxy) is 2. The molecule has 1 aromatic carbocycles. The standard InChI is InChI=1S/C39H62N2O2/c1-27(25-41-21-19-40(5)20-22-41)11-14-35-28(2)37-36(43-35)24-34-32-13-12-30-23-31(42-26-29-9-7-6-8-10-29)15-17-38(30,3)33(32)16-18-39(34,37)4/h6-10,27-28,30-37H,11-26H2,1-5H3/t27-,28+,30+,31-,32+,33-,34-,35+,36-,37-,38-,39-/m0/s1. The van der Waals surface area contributed by atoms with Crippen LogP contribution in [0, 0.1) is 52.3 Å². The minimum Gasteiger partial charge on any atom is -0.374 e. The zero-order valence-electron chi connectivity index (χ0n) is 28.2. The van der Waals surface area contributed by atoms with E-state index < -0.39 is 0 Å². The Labute approximate surface area is 263 Å². The van der Waals surface area contributed by atoms with Crippen LogP contribution in [0.3, 0.4) is 0 Å². The highest BCUT2D eigenvalue weighted by molar-refractivity contribution is 5.15. The molecule has 7 rings (SSSR count). The topological polar surface area (TPSA) is 24.9 Å². The van der Waals surface area contributed by atoms with Crippen molar-refractivity contribution in [1.82, 2.24) is 9.80 Å². The fraction of sp³-hybridized carbons (Fsp3) is 0.846. The minimum absolute atomic E-state index is 0.449. The van der Waals surface area contributed by atoms with Gasteiger partial charge in [-0.25, -0.2) is 0 Å². The first-order valence-corrected chi connectivity index (χ1v) is 18.5.